The number of hydrogen-bond donors (Lipinski definition) is 1. The Bertz CT molecular complexity index is 1330. The molecule has 4 heterocycles. The zero-order valence-electron chi connectivity index (χ0n) is 19.7. The van der Waals surface area contributed by atoms with Crippen molar-refractivity contribution in [3.05, 3.63) is 53.8 Å². The molecule has 2 saturated heterocycles. The Kier molecular flexibility index (Phi) is 5.64. The number of halogens is 4. The molecule has 1 aromatic carbocycles. The number of anilines is 1. The fourth-order valence-corrected chi connectivity index (χ4v) is 5.43. The maximum atomic E-state index is 14.9. The number of methoxy groups -OCH3 is 1. The van der Waals surface area contributed by atoms with Crippen LogP contribution in [0.4, 0.5) is 28.0 Å². The van der Waals surface area contributed by atoms with E-state index in [9.17, 15) is 22.4 Å². The molecule has 0 unspecified atom stereocenters. The number of rotatable bonds is 4. The van der Waals surface area contributed by atoms with Crippen molar-refractivity contribution < 1.29 is 31.5 Å². The van der Waals surface area contributed by atoms with Gasteiger partial charge in [0.15, 0.2) is 0 Å². The molecule has 2 bridgehead atoms. The third-order valence-corrected chi connectivity index (χ3v) is 6.82. The summed E-state index contributed by atoms with van der Waals surface area (Å²) < 4.78 is 67.0. The van der Waals surface area contributed by atoms with Gasteiger partial charge in [-0.25, -0.2) is 9.18 Å². The molecule has 3 atom stereocenters. The molecule has 36 heavy (non-hydrogen) atoms. The summed E-state index contributed by atoms with van der Waals surface area (Å²) in [7, 11) is 1.35. The number of piperidine rings is 1. The van der Waals surface area contributed by atoms with Gasteiger partial charge in [0.05, 0.1) is 24.6 Å². The molecule has 190 valence electrons. The normalized spacial score (nSPS) is 23.2. The second kappa shape index (κ2) is 8.45. The van der Waals surface area contributed by atoms with Crippen LogP contribution in [0.15, 0.2) is 35.0 Å². The Morgan fingerprint density at radius 3 is 2.67 bits per heavy atom. The molecule has 0 radical (unpaired) electrons. The van der Waals surface area contributed by atoms with Gasteiger partial charge >= 0.3 is 12.2 Å². The molecule has 2 amide bonds. The lowest BCUT2D eigenvalue weighted by atomic mass is 9.64. The zero-order chi connectivity index (χ0) is 25.8. The summed E-state index contributed by atoms with van der Waals surface area (Å²) in [6.07, 6.45) is -0.363. The number of pyridine rings is 1. The summed E-state index contributed by atoms with van der Waals surface area (Å²) >= 11 is 0. The SMILES string of the molecule is COc1cncc(-c2cc(NC(=O)N3[C@@H]4C[C@H](C)C[C@@]3(c3nnc(C)o3)C4)c(F)cc2C(F)(F)F)c1. The van der Waals surface area contributed by atoms with Gasteiger partial charge in [0, 0.05) is 31.1 Å². The number of alkyl halides is 3. The smallest absolute Gasteiger partial charge is 0.417 e. The van der Waals surface area contributed by atoms with Crippen LogP contribution in [0.5, 0.6) is 5.75 Å². The maximum absolute atomic E-state index is 14.9. The summed E-state index contributed by atoms with van der Waals surface area (Å²) in [6, 6.07) is 1.91. The Morgan fingerprint density at radius 2 is 2.00 bits per heavy atom. The Hall–Kier alpha value is -3.70. The molecule has 2 aromatic heterocycles. The van der Waals surface area contributed by atoms with E-state index in [4.69, 9.17) is 9.15 Å². The van der Waals surface area contributed by atoms with Crippen LogP contribution < -0.4 is 10.1 Å². The first kappa shape index (κ1) is 24.0. The van der Waals surface area contributed by atoms with Crippen LogP contribution in [0.3, 0.4) is 0 Å². The van der Waals surface area contributed by atoms with Crippen LogP contribution in [0.1, 0.15) is 43.5 Å². The van der Waals surface area contributed by atoms with Crippen molar-refractivity contribution in [3.8, 4) is 16.9 Å². The molecule has 2 fully saturated rings. The summed E-state index contributed by atoms with van der Waals surface area (Å²) in [5, 5.41) is 10.5. The van der Waals surface area contributed by atoms with Crippen molar-refractivity contribution in [2.75, 3.05) is 12.4 Å². The molecule has 1 N–H and O–H groups in total. The number of amides is 2. The second-order valence-corrected chi connectivity index (χ2v) is 9.35. The molecule has 0 saturated carbocycles. The van der Waals surface area contributed by atoms with Crippen LogP contribution in [0.25, 0.3) is 11.1 Å². The van der Waals surface area contributed by atoms with Crippen LogP contribution in [-0.2, 0) is 11.7 Å². The monoisotopic (exact) mass is 505 g/mol. The summed E-state index contributed by atoms with van der Waals surface area (Å²) in [5.74, 6) is -0.0393. The summed E-state index contributed by atoms with van der Waals surface area (Å²) in [6.45, 7) is 3.70. The van der Waals surface area contributed by atoms with Crippen molar-refractivity contribution in [2.45, 2.75) is 50.9 Å². The number of nitrogens with zero attached hydrogens (tertiary/aromatic N) is 4. The number of hydrogen-bond acceptors (Lipinski definition) is 6. The number of nitrogens with one attached hydrogen (secondary N) is 1. The molecular formula is C24H23F4N5O3. The highest BCUT2D eigenvalue weighted by Crippen LogP contribution is 2.55. The lowest BCUT2D eigenvalue weighted by Gasteiger charge is -2.61. The fraction of sp³-hybridized carbons (Fsp3) is 0.417. The first-order valence-electron chi connectivity index (χ1n) is 11.3. The number of benzene rings is 1. The summed E-state index contributed by atoms with van der Waals surface area (Å²) in [5.41, 5.74) is -2.70. The number of fused-ring (bicyclic) bond motifs is 2. The van der Waals surface area contributed by atoms with Crippen LogP contribution >= 0.6 is 0 Å². The van der Waals surface area contributed by atoms with Crippen LogP contribution in [0.2, 0.25) is 0 Å². The Labute approximate surface area is 203 Å². The predicted molar refractivity (Wildman–Crippen MR) is 120 cm³/mol. The molecule has 2 aliphatic rings. The lowest BCUT2D eigenvalue weighted by Crippen LogP contribution is -2.70. The highest BCUT2D eigenvalue weighted by molar-refractivity contribution is 5.92. The molecule has 2 aliphatic heterocycles. The lowest BCUT2D eigenvalue weighted by molar-refractivity contribution is -0.137. The second-order valence-electron chi connectivity index (χ2n) is 9.35. The molecule has 3 aromatic rings. The van der Waals surface area contributed by atoms with Crippen molar-refractivity contribution in [3.63, 3.8) is 0 Å². The number of ether oxygens (including phenoxy) is 1. The first-order valence-corrected chi connectivity index (χ1v) is 11.3. The van der Waals surface area contributed by atoms with E-state index in [0.717, 1.165) is 12.5 Å². The van der Waals surface area contributed by atoms with Gasteiger partial charge in [-0.1, -0.05) is 6.92 Å². The number of carbonyl (C=O) groups excluding carboxylic acids is 1. The van der Waals surface area contributed by atoms with Gasteiger partial charge in [0.2, 0.25) is 11.8 Å². The van der Waals surface area contributed by atoms with Gasteiger partial charge in [0.25, 0.3) is 0 Å². The average Bonchev–Trinajstić information content (AvgIpc) is 3.25. The number of urea groups is 1. The standard InChI is InChI=1S/C24H23F4N5O3/c1-12-4-15-9-23(8-12,21-32-31-13(2)36-21)33(15)22(34)30-20-6-17(14-5-16(35-3)11-29-10-14)18(7-19(20)25)24(26,27)28/h5-7,10-12,15H,4,8-9H2,1-3H3,(H,30,34)/t12-,15+,23-/m0/s1. The van der Waals surface area contributed by atoms with E-state index < -0.39 is 29.1 Å². The zero-order valence-corrected chi connectivity index (χ0v) is 19.7. The van der Waals surface area contributed by atoms with Crippen molar-refractivity contribution >= 4 is 11.7 Å². The first-order chi connectivity index (χ1) is 17.0. The van der Waals surface area contributed by atoms with Gasteiger partial charge in [-0.15, -0.1) is 10.2 Å². The highest BCUT2D eigenvalue weighted by Gasteiger charge is 2.62. The highest BCUT2D eigenvalue weighted by atomic mass is 19.4. The van der Waals surface area contributed by atoms with Gasteiger partial charge in [-0.05, 0) is 42.5 Å². The molecule has 5 rings (SSSR count). The summed E-state index contributed by atoms with van der Waals surface area (Å²) in [4.78, 5) is 18.8. The van der Waals surface area contributed by atoms with E-state index in [1.165, 1.54) is 25.6 Å². The minimum atomic E-state index is -4.84. The topological polar surface area (TPSA) is 93.4 Å². The van der Waals surface area contributed by atoms with Crippen LogP contribution in [0, 0.1) is 18.7 Å². The van der Waals surface area contributed by atoms with E-state index >= 15 is 0 Å². The van der Waals surface area contributed by atoms with Gasteiger partial charge < -0.3 is 19.4 Å². The van der Waals surface area contributed by atoms with Gasteiger partial charge in [-0.2, -0.15) is 13.2 Å². The van der Waals surface area contributed by atoms with Crippen LogP contribution in [-0.4, -0.2) is 39.3 Å². The van der Waals surface area contributed by atoms with E-state index in [1.807, 2.05) is 0 Å². The molecule has 0 aliphatic carbocycles. The minimum absolute atomic E-state index is 0.0598. The predicted octanol–water partition coefficient (Wildman–Crippen LogP) is 5.54. The Balaban J connectivity index is 1.51. The fourth-order valence-electron chi connectivity index (χ4n) is 5.43. The largest absolute Gasteiger partial charge is 0.495 e. The average molecular weight is 505 g/mol. The molecule has 8 nitrogen and oxygen atoms in total. The van der Waals surface area contributed by atoms with Crippen molar-refractivity contribution in [1.29, 1.82) is 0 Å². The molecular weight excluding hydrogens is 482 g/mol. The Morgan fingerprint density at radius 1 is 1.22 bits per heavy atom. The molecule has 12 heteroatoms. The van der Waals surface area contributed by atoms with Gasteiger partial charge in [-0.3, -0.25) is 4.98 Å². The van der Waals surface area contributed by atoms with Crippen molar-refractivity contribution in [1.82, 2.24) is 20.1 Å². The third-order valence-electron chi connectivity index (χ3n) is 6.82. The number of aryl methyl sites for hydroxylation is 1. The third kappa shape index (κ3) is 3.94. The maximum Gasteiger partial charge on any atom is 0.417 e. The van der Waals surface area contributed by atoms with E-state index in [2.05, 4.69) is 27.4 Å². The number of carbonyl (C=O) groups is 1. The molecule has 0 spiro atoms. The van der Waals surface area contributed by atoms with E-state index in [0.29, 0.717) is 30.7 Å². The van der Waals surface area contributed by atoms with Crippen molar-refractivity contribution in [2.24, 2.45) is 5.92 Å². The number of aromatic nitrogens is 3. The quantitative estimate of drug-likeness (QED) is 0.468. The van der Waals surface area contributed by atoms with E-state index in [1.54, 1.807) is 11.8 Å². The van der Waals surface area contributed by atoms with Gasteiger partial charge in [0.1, 0.15) is 17.1 Å². The van der Waals surface area contributed by atoms with E-state index in [-0.39, 0.29) is 34.5 Å². The minimum Gasteiger partial charge on any atom is -0.495 e.